The minimum Gasteiger partial charge on any atom is -0.462 e. The van der Waals surface area contributed by atoms with Crippen molar-refractivity contribution in [3.63, 3.8) is 0 Å². The van der Waals surface area contributed by atoms with Gasteiger partial charge in [-0.25, -0.2) is 4.79 Å². The van der Waals surface area contributed by atoms with Crippen molar-refractivity contribution >= 4 is 28.2 Å². The Morgan fingerprint density at radius 1 is 1.33 bits per heavy atom. The van der Waals surface area contributed by atoms with E-state index in [9.17, 15) is 9.59 Å². The van der Waals surface area contributed by atoms with Gasteiger partial charge in [-0.1, -0.05) is 6.92 Å². The number of carbonyl (C=O) groups excluding carboxylic acids is 2. The lowest BCUT2D eigenvalue weighted by molar-refractivity contribution is 0.0528. The summed E-state index contributed by atoms with van der Waals surface area (Å²) < 4.78 is 5.01. The van der Waals surface area contributed by atoms with Crippen molar-refractivity contribution < 1.29 is 14.3 Å². The van der Waals surface area contributed by atoms with Gasteiger partial charge >= 0.3 is 5.97 Å². The van der Waals surface area contributed by atoms with Crippen LogP contribution < -0.4 is 5.32 Å². The van der Waals surface area contributed by atoms with Gasteiger partial charge in [0.25, 0.3) is 5.91 Å². The molecular weight excluding hydrogens is 290 g/mol. The maximum absolute atomic E-state index is 12.1. The number of amides is 1. The highest BCUT2D eigenvalue weighted by molar-refractivity contribution is 7.16. The molecule has 6 nitrogen and oxygen atoms in total. The smallest absolute Gasteiger partial charge is 0.341 e. The summed E-state index contributed by atoms with van der Waals surface area (Å²) in [7, 11) is 0. The number of carbonyl (C=O) groups is 2. The molecule has 0 saturated heterocycles. The first-order valence-corrected chi connectivity index (χ1v) is 7.35. The SMILES string of the molecule is CCOC(=O)c1cc(CC)sc1NC(=O)c1ccnnc1. The standard InChI is InChI=1S/C14H15N3O3S/c1-3-10-7-11(14(19)20-4-2)13(21-10)17-12(18)9-5-6-15-16-8-9/h5-8H,3-4H2,1-2H3,(H,17,18). The Labute approximate surface area is 126 Å². The molecule has 21 heavy (non-hydrogen) atoms. The molecule has 1 amide bonds. The Morgan fingerprint density at radius 2 is 2.14 bits per heavy atom. The molecule has 0 unspecified atom stereocenters. The van der Waals surface area contributed by atoms with Crippen LogP contribution in [0.4, 0.5) is 5.00 Å². The highest BCUT2D eigenvalue weighted by Gasteiger charge is 2.19. The van der Waals surface area contributed by atoms with Crippen molar-refractivity contribution in [3.8, 4) is 0 Å². The van der Waals surface area contributed by atoms with Gasteiger partial charge < -0.3 is 10.1 Å². The lowest BCUT2D eigenvalue weighted by atomic mass is 10.2. The number of aromatic nitrogens is 2. The summed E-state index contributed by atoms with van der Waals surface area (Å²) in [5, 5.41) is 10.5. The fourth-order valence-corrected chi connectivity index (χ4v) is 2.65. The molecule has 1 N–H and O–H groups in total. The monoisotopic (exact) mass is 305 g/mol. The van der Waals surface area contributed by atoms with E-state index in [-0.39, 0.29) is 12.5 Å². The van der Waals surface area contributed by atoms with Gasteiger partial charge in [-0.3, -0.25) is 4.79 Å². The van der Waals surface area contributed by atoms with Crippen molar-refractivity contribution in [2.45, 2.75) is 20.3 Å². The molecule has 7 heteroatoms. The Hall–Kier alpha value is -2.28. The number of nitrogens with zero attached hydrogens (tertiary/aromatic N) is 2. The average molecular weight is 305 g/mol. The zero-order valence-electron chi connectivity index (χ0n) is 11.8. The fraction of sp³-hybridized carbons (Fsp3) is 0.286. The van der Waals surface area contributed by atoms with E-state index in [0.717, 1.165) is 11.3 Å². The first-order valence-electron chi connectivity index (χ1n) is 6.53. The molecular formula is C14H15N3O3S. The van der Waals surface area contributed by atoms with Crippen LogP contribution in [0.1, 0.15) is 39.4 Å². The van der Waals surface area contributed by atoms with Crippen LogP contribution in [0, 0.1) is 0 Å². The van der Waals surface area contributed by atoms with Gasteiger partial charge in [0.2, 0.25) is 0 Å². The van der Waals surface area contributed by atoms with Gasteiger partial charge in [-0.05, 0) is 25.5 Å². The van der Waals surface area contributed by atoms with E-state index in [1.54, 1.807) is 19.1 Å². The first-order chi connectivity index (χ1) is 10.2. The van der Waals surface area contributed by atoms with E-state index in [1.165, 1.54) is 23.7 Å². The Balaban J connectivity index is 2.24. The van der Waals surface area contributed by atoms with Crippen molar-refractivity contribution in [2.75, 3.05) is 11.9 Å². The molecule has 2 rings (SSSR count). The van der Waals surface area contributed by atoms with Gasteiger partial charge in [-0.15, -0.1) is 11.3 Å². The molecule has 110 valence electrons. The number of rotatable bonds is 5. The first kappa shape index (κ1) is 15.1. The van der Waals surface area contributed by atoms with Crippen LogP contribution in [0.3, 0.4) is 0 Å². The summed E-state index contributed by atoms with van der Waals surface area (Å²) in [6.07, 6.45) is 3.59. The quantitative estimate of drug-likeness (QED) is 0.858. The summed E-state index contributed by atoms with van der Waals surface area (Å²) >= 11 is 1.37. The molecule has 0 aliphatic heterocycles. The summed E-state index contributed by atoms with van der Waals surface area (Å²) in [4.78, 5) is 25.0. The van der Waals surface area contributed by atoms with Gasteiger partial charge in [-0.2, -0.15) is 10.2 Å². The number of esters is 1. The molecule has 0 radical (unpaired) electrons. The second kappa shape index (κ2) is 6.94. The lowest BCUT2D eigenvalue weighted by Crippen LogP contribution is -2.14. The predicted octanol–water partition coefficient (Wildman–Crippen LogP) is 2.53. The Kier molecular flexibility index (Phi) is 4.99. The normalized spacial score (nSPS) is 10.2. The molecule has 0 fully saturated rings. The zero-order valence-corrected chi connectivity index (χ0v) is 12.6. The molecule has 0 aromatic carbocycles. The highest BCUT2D eigenvalue weighted by atomic mass is 32.1. The number of hydrogen-bond acceptors (Lipinski definition) is 6. The third kappa shape index (κ3) is 3.63. The lowest BCUT2D eigenvalue weighted by Gasteiger charge is -2.05. The van der Waals surface area contributed by atoms with E-state index >= 15 is 0 Å². The van der Waals surface area contributed by atoms with Crippen molar-refractivity contribution in [1.29, 1.82) is 0 Å². The van der Waals surface area contributed by atoms with Crippen LogP contribution >= 0.6 is 11.3 Å². The number of hydrogen-bond donors (Lipinski definition) is 1. The minimum absolute atomic E-state index is 0.289. The molecule has 2 aromatic heterocycles. The van der Waals surface area contributed by atoms with E-state index in [1.807, 2.05) is 6.92 Å². The summed E-state index contributed by atoms with van der Waals surface area (Å²) in [6.45, 7) is 4.02. The van der Waals surface area contributed by atoms with Gasteiger partial charge in [0.05, 0.1) is 30.1 Å². The van der Waals surface area contributed by atoms with Crippen molar-refractivity contribution in [1.82, 2.24) is 10.2 Å². The van der Waals surface area contributed by atoms with Crippen LogP contribution in [-0.4, -0.2) is 28.7 Å². The summed E-state index contributed by atoms with van der Waals surface area (Å²) in [5.41, 5.74) is 0.764. The maximum atomic E-state index is 12.1. The van der Waals surface area contributed by atoms with Crippen LogP contribution in [0.5, 0.6) is 0 Å². The number of anilines is 1. The third-order valence-corrected chi connectivity index (χ3v) is 3.90. The topological polar surface area (TPSA) is 81.2 Å². The molecule has 0 atom stereocenters. The van der Waals surface area contributed by atoms with E-state index in [4.69, 9.17) is 4.74 Å². The number of nitrogens with one attached hydrogen (secondary N) is 1. The van der Waals surface area contributed by atoms with Crippen LogP contribution in [0.2, 0.25) is 0 Å². The number of ether oxygens (including phenoxy) is 1. The Morgan fingerprint density at radius 3 is 2.76 bits per heavy atom. The summed E-state index contributed by atoms with van der Waals surface area (Å²) in [5.74, 6) is -0.767. The highest BCUT2D eigenvalue weighted by Crippen LogP contribution is 2.29. The van der Waals surface area contributed by atoms with Crippen LogP contribution in [-0.2, 0) is 11.2 Å². The minimum atomic E-state index is -0.434. The summed E-state index contributed by atoms with van der Waals surface area (Å²) in [6, 6.07) is 3.31. The van der Waals surface area contributed by atoms with E-state index in [2.05, 4.69) is 15.5 Å². The van der Waals surface area contributed by atoms with Crippen molar-refractivity contribution in [3.05, 3.63) is 40.5 Å². The maximum Gasteiger partial charge on any atom is 0.341 e. The van der Waals surface area contributed by atoms with Gasteiger partial charge in [0.1, 0.15) is 5.00 Å². The number of thiophene rings is 1. The van der Waals surface area contributed by atoms with E-state index in [0.29, 0.717) is 16.1 Å². The zero-order chi connectivity index (χ0) is 15.2. The molecule has 0 spiro atoms. The molecule has 0 aliphatic rings. The van der Waals surface area contributed by atoms with Crippen molar-refractivity contribution in [2.24, 2.45) is 0 Å². The molecule has 2 heterocycles. The molecule has 0 bridgehead atoms. The second-order valence-corrected chi connectivity index (χ2v) is 5.25. The molecule has 2 aromatic rings. The van der Waals surface area contributed by atoms with E-state index < -0.39 is 5.97 Å². The van der Waals surface area contributed by atoms with Crippen LogP contribution in [0.25, 0.3) is 0 Å². The van der Waals surface area contributed by atoms with Gasteiger partial charge in [0, 0.05) is 4.88 Å². The second-order valence-electron chi connectivity index (χ2n) is 4.11. The average Bonchev–Trinajstić information content (AvgIpc) is 2.91. The van der Waals surface area contributed by atoms with Crippen LogP contribution in [0.15, 0.2) is 24.5 Å². The third-order valence-electron chi connectivity index (χ3n) is 2.70. The predicted molar refractivity (Wildman–Crippen MR) is 79.6 cm³/mol. The number of aryl methyl sites for hydroxylation is 1. The molecule has 0 saturated carbocycles. The Bertz CT molecular complexity index is 640. The fourth-order valence-electron chi connectivity index (χ4n) is 1.67. The van der Waals surface area contributed by atoms with Gasteiger partial charge in [0.15, 0.2) is 0 Å². The largest absolute Gasteiger partial charge is 0.462 e. The molecule has 0 aliphatic carbocycles.